The number of benzene rings is 2. The molecule has 114 valence electrons. The highest BCUT2D eigenvalue weighted by Crippen LogP contribution is 2.21. The number of aromatic hydroxyl groups is 1. The molecule has 2 N–H and O–H groups in total. The van der Waals surface area contributed by atoms with Gasteiger partial charge in [-0.15, -0.1) is 0 Å². The van der Waals surface area contributed by atoms with Gasteiger partial charge in [-0.1, -0.05) is 35.9 Å². The van der Waals surface area contributed by atoms with Gasteiger partial charge in [0.05, 0.1) is 10.7 Å². The van der Waals surface area contributed by atoms with Crippen LogP contribution in [0.25, 0.3) is 0 Å². The second kappa shape index (κ2) is 6.95. The Bertz CT molecular complexity index is 702. The number of ether oxygens (including phenoxy) is 1. The maximum absolute atomic E-state index is 12.0. The lowest BCUT2D eigenvalue weighted by Crippen LogP contribution is -2.30. The number of halogens is 1. The van der Waals surface area contributed by atoms with Crippen molar-refractivity contribution in [3.8, 4) is 5.75 Å². The minimum atomic E-state index is -1.04. The van der Waals surface area contributed by atoms with E-state index in [0.717, 1.165) is 0 Å². The van der Waals surface area contributed by atoms with E-state index < -0.39 is 18.0 Å². The Morgan fingerprint density at radius 1 is 1.14 bits per heavy atom. The van der Waals surface area contributed by atoms with Crippen LogP contribution in [-0.4, -0.2) is 23.1 Å². The maximum atomic E-state index is 12.0. The highest BCUT2D eigenvalue weighted by Gasteiger charge is 2.21. The third kappa shape index (κ3) is 3.77. The zero-order valence-electron chi connectivity index (χ0n) is 11.7. The predicted octanol–water partition coefficient (Wildman–Crippen LogP) is 3.23. The fourth-order valence-electron chi connectivity index (χ4n) is 1.72. The number of phenolic OH excluding ortho intramolecular Hbond substituents is 1. The number of esters is 1. The Hall–Kier alpha value is -2.53. The first kappa shape index (κ1) is 15.9. The summed E-state index contributed by atoms with van der Waals surface area (Å²) in [5.41, 5.74) is 0.430. The molecule has 0 bridgehead atoms. The van der Waals surface area contributed by atoms with E-state index in [4.69, 9.17) is 16.3 Å². The molecule has 0 heterocycles. The van der Waals surface area contributed by atoms with Crippen LogP contribution in [0.1, 0.15) is 17.3 Å². The van der Waals surface area contributed by atoms with Crippen molar-refractivity contribution in [3.63, 3.8) is 0 Å². The number of phenols is 1. The largest absolute Gasteiger partial charge is 0.507 e. The number of carbonyl (C=O) groups is 2. The Morgan fingerprint density at radius 2 is 1.77 bits per heavy atom. The molecular weight excluding hydrogens is 306 g/mol. The second-order valence-corrected chi connectivity index (χ2v) is 4.94. The van der Waals surface area contributed by atoms with E-state index >= 15 is 0 Å². The summed E-state index contributed by atoms with van der Waals surface area (Å²) in [7, 11) is 0. The molecule has 2 rings (SSSR count). The lowest BCUT2D eigenvalue weighted by Gasteiger charge is -2.14. The number of anilines is 1. The monoisotopic (exact) mass is 319 g/mol. The van der Waals surface area contributed by atoms with Crippen LogP contribution in [0, 0.1) is 0 Å². The number of para-hydroxylation sites is 2. The molecule has 22 heavy (non-hydrogen) atoms. The summed E-state index contributed by atoms with van der Waals surface area (Å²) >= 11 is 5.94. The predicted molar refractivity (Wildman–Crippen MR) is 83.1 cm³/mol. The van der Waals surface area contributed by atoms with Gasteiger partial charge in [0.2, 0.25) is 0 Å². The van der Waals surface area contributed by atoms with Gasteiger partial charge in [0.1, 0.15) is 11.3 Å². The van der Waals surface area contributed by atoms with Crippen molar-refractivity contribution in [1.82, 2.24) is 0 Å². The van der Waals surface area contributed by atoms with Crippen LogP contribution in [0.5, 0.6) is 5.75 Å². The van der Waals surface area contributed by atoms with Crippen LogP contribution < -0.4 is 5.32 Å². The summed E-state index contributed by atoms with van der Waals surface area (Å²) in [5, 5.41) is 12.5. The molecule has 6 heteroatoms. The third-order valence-corrected chi connectivity index (χ3v) is 3.24. The quantitative estimate of drug-likeness (QED) is 0.848. The molecular formula is C16H14ClNO4. The molecule has 0 aliphatic carbocycles. The number of hydrogen-bond acceptors (Lipinski definition) is 4. The van der Waals surface area contributed by atoms with E-state index in [1.54, 1.807) is 36.4 Å². The van der Waals surface area contributed by atoms with Crippen LogP contribution >= 0.6 is 11.6 Å². The first-order valence-electron chi connectivity index (χ1n) is 6.53. The van der Waals surface area contributed by atoms with Crippen molar-refractivity contribution in [1.29, 1.82) is 0 Å². The van der Waals surface area contributed by atoms with E-state index in [0.29, 0.717) is 10.7 Å². The molecule has 0 saturated heterocycles. The summed E-state index contributed by atoms with van der Waals surface area (Å²) in [6.45, 7) is 1.43. The maximum Gasteiger partial charge on any atom is 0.342 e. The minimum Gasteiger partial charge on any atom is -0.507 e. The summed E-state index contributed by atoms with van der Waals surface area (Å²) in [6.07, 6.45) is -1.04. The van der Waals surface area contributed by atoms with Gasteiger partial charge in [0, 0.05) is 0 Å². The normalized spacial score (nSPS) is 11.5. The van der Waals surface area contributed by atoms with Crippen LogP contribution in [0.4, 0.5) is 5.69 Å². The van der Waals surface area contributed by atoms with Gasteiger partial charge in [-0.3, -0.25) is 4.79 Å². The average Bonchev–Trinajstić information content (AvgIpc) is 2.49. The van der Waals surface area contributed by atoms with Crippen molar-refractivity contribution in [2.45, 2.75) is 13.0 Å². The van der Waals surface area contributed by atoms with Gasteiger partial charge in [-0.2, -0.15) is 0 Å². The van der Waals surface area contributed by atoms with Crippen molar-refractivity contribution in [2.75, 3.05) is 5.32 Å². The summed E-state index contributed by atoms with van der Waals surface area (Å²) < 4.78 is 5.04. The molecule has 5 nitrogen and oxygen atoms in total. The van der Waals surface area contributed by atoms with Crippen LogP contribution in [-0.2, 0) is 9.53 Å². The van der Waals surface area contributed by atoms with Gasteiger partial charge in [0.15, 0.2) is 6.10 Å². The lowest BCUT2D eigenvalue weighted by molar-refractivity contribution is -0.123. The molecule has 0 saturated carbocycles. The first-order valence-corrected chi connectivity index (χ1v) is 6.91. The van der Waals surface area contributed by atoms with Crippen LogP contribution in [0.2, 0.25) is 5.02 Å². The highest BCUT2D eigenvalue weighted by atomic mass is 35.5. The summed E-state index contributed by atoms with van der Waals surface area (Å²) in [4.78, 5) is 23.9. The van der Waals surface area contributed by atoms with Gasteiger partial charge in [-0.25, -0.2) is 4.79 Å². The van der Waals surface area contributed by atoms with E-state index in [1.165, 1.54) is 19.1 Å². The van der Waals surface area contributed by atoms with Crippen molar-refractivity contribution >= 4 is 29.2 Å². The number of nitrogens with one attached hydrogen (secondary N) is 1. The molecule has 0 unspecified atom stereocenters. The fraction of sp³-hybridized carbons (Fsp3) is 0.125. The number of hydrogen-bond donors (Lipinski definition) is 2. The van der Waals surface area contributed by atoms with Gasteiger partial charge < -0.3 is 15.2 Å². The van der Waals surface area contributed by atoms with Crippen molar-refractivity contribution < 1.29 is 19.4 Å². The van der Waals surface area contributed by atoms with E-state index in [2.05, 4.69) is 5.32 Å². The standard InChI is InChI=1S/C16H14ClNO4/c1-10(15(20)18-13-8-4-3-7-12(13)17)22-16(21)11-6-2-5-9-14(11)19/h2-10,19H,1H3,(H,18,20)/t10-/m1/s1. The van der Waals surface area contributed by atoms with E-state index in [1.807, 2.05) is 0 Å². The molecule has 0 fully saturated rings. The number of carbonyl (C=O) groups excluding carboxylic acids is 2. The zero-order chi connectivity index (χ0) is 16.1. The van der Waals surface area contributed by atoms with Crippen molar-refractivity contribution in [2.24, 2.45) is 0 Å². The first-order chi connectivity index (χ1) is 10.5. The SMILES string of the molecule is C[C@@H](OC(=O)c1ccccc1O)C(=O)Nc1ccccc1Cl. The van der Waals surface area contributed by atoms with Crippen LogP contribution in [0.3, 0.4) is 0 Å². The Labute approximate surface area is 132 Å². The molecule has 1 amide bonds. The topological polar surface area (TPSA) is 75.6 Å². The Balaban J connectivity index is 2.01. The van der Waals surface area contributed by atoms with E-state index in [9.17, 15) is 14.7 Å². The zero-order valence-corrected chi connectivity index (χ0v) is 12.5. The molecule has 0 aromatic heterocycles. The third-order valence-electron chi connectivity index (χ3n) is 2.91. The molecule has 2 aromatic carbocycles. The summed E-state index contributed by atoms with van der Waals surface area (Å²) in [6, 6.07) is 12.7. The number of rotatable bonds is 4. The Kier molecular flexibility index (Phi) is 5.01. The fourth-order valence-corrected chi connectivity index (χ4v) is 1.90. The highest BCUT2D eigenvalue weighted by molar-refractivity contribution is 6.33. The number of amides is 1. The average molecular weight is 320 g/mol. The van der Waals surface area contributed by atoms with Gasteiger partial charge >= 0.3 is 5.97 Å². The van der Waals surface area contributed by atoms with Crippen LogP contribution in [0.15, 0.2) is 48.5 Å². The molecule has 0 aliphatic rings. The molecule has 0 aliphatic heterocycles. The summed E-state index contributed by atoms with van der Waals surface area (Å²) in [5.74, 6) is -1.50. The minimum absolute atomic E-state index is 0.0000986. The molecule has 1 atom stereocenters. The molecule has 0 spiro atoms. The van der Waals surface area contributed by atoms with E-state index in [-0.39, 0.29) is 11.3 Å². The second-order valence-electron chi connectivity index (χ2n) is 4.53. The molecule has 0 radical (unpaired) electrons. The lowest BCUT2D eigenvalue weighted by atomic mass is 10.2. The van der Waals surface area contributed by atoms with Gasteiger partial charge in [-0.05, 0) is 31.2 Å². The smallest absolute Gasteiger partial charge is 0.342 e. The Morgan fingerprint density at radius 3 is 2.45 bits per heavy atom. The molecule has 2 aromatic rings. The van der Waals surface area contributed by atoms with Crippen molar-refractivity contribution in [3.05, 3.63) is 59.1 Å². The van der Waals surface area contributed by atoms with Gasteiger partial charge in [0.25, 0.3) is 5.91 Å².